The number of aromatic nitrogens is 1. The maximum atomic E-state index is 12.5. The lowest BCUT2D eigenvalue weighted by molar-refractivity contribution is 0.302. The van der Waals surface area contributed by atoms with Gasteiger partial charge in [-0.05, 0) is 5.56 Å². The number of nitrogens with zero attached hydrogens (tertiary/aromatic N) is 2. The second kappa shape index (κ2) is 9.32. The molecule has 0 N–H and O–H groups in total. The number of rotatable bonds is 9. The fraction of sp³-hybridized carbons (Fsp3) is 0.231. The third kappa shape index (κ3) is 5.41. The molecule has 0 spiro atoms. The second-order valence-corrected chi connectivity index (χ2v) is 11.5. The van der Waals surface area contributed by atoms with E-state index in [2.05, 4.69) is 4.98 Å². The van der Waals surface area contributed by atoms with E-state index < -0.39 is 5.77 Å². The van der Waals surface area contributed by atoms with E-state index in [4.69, 9.17) is 17.6 Å². The van der Waals surface area contributed by atoms with Gasteiger partial charge in [-0.1, -0.05) is 41.7 Å². The van der Waals surface area contributed by atoms with E-state index in [0.29, 0.717) is 29.9 Å². The molecule has 7 nitrogen and oxygen atoms in total. The first kappa shape index (κ1) is 19.1. The van der Waals surface area contributed by atoms with Crippen molar-refractivity contribution in [1.29, 1.82) is 5.26 Å². The average Bonchev–Trinajstić information content (AvgIpc) is 2.96. The number of nitriles is 1. The number of thiazole rings is 1. The van der Waals surface area contributed by atoms with Gasteiger partial charge < -0.3 is 17.6 Å². The zero-order valence-electron chi connectivity index (χ0n) is 12.7. The Labute approximate surface area is 151 Å². The van der Waals surface area contributed by atoms with Crippen LogP contribution >= 0.6 is 40.4 Å². The molecule has 11 heteroatoms. The smallest absolute Gasteiger partial charge is 0.413 e. The van der Waals surface area contributed by atoms with Gasteiger partial charge in [0.2, 0.25) is 0 Å². The number of ether oxygens (including phenoxy) is 1. The standard InChI is InChI=1S/C13H13N2O5PS3/c1-17-23-21(16,24-18-2)20-12-11(8-14)22-13(15-12)19-9-10-6-4-3-5-7-10/h3-7H,9H2,1-2H3. The van der Waals surface area contributed by atoms with E-state index in [0.717, 1.165) is 16.9 Å². The third-order valence-corrected chi connectivity index (χ3v) is 7.86. The highest BCUT2D eigenvalue weighted by atomic mass is 33.1. The lowest BCUT2D eigenvalue weighted by Gasteiger charge is -2.12. The number of hydrogen-bond acceptors (Lipinski definition) is 10. The van der Waals surface area contributed by atoms with Crippen molar-refractivity contribution < 1.29 is 22.2 Å². The van der Waals surface area contributed by atoms with Gasteiger partial charge in [-0.3, -0.25) is 0 Å². The molecular formula is C13H13N2O5PS3. The summed E-state index contributed by atoms with van der Waals surface area (Å²) in [6, 6.07) is 11.5. The first-order chi connectivity index (χ1) is 11.6. The van der Waals surface area contributed by atoms with Crippen LogP contribution < -0.4 is 9.26 Å². The van der Waals surface area contributed by atoms with Crippen LogP contribution in [0.2, 0.25) is 0 Å². The monoisotopic (exact) mass is 404 g/mol. The minimum Gasteiger partial charge on any atom is -0.465 e. The number of hydrogen-bond donors (Lipinski definition) is 0. The SMILES string of the molecule is COSP(=O)(Oc1nc(OCc2ccccc2)sc1C#N)SOC. The summed E-state index contributed by atoms with van der Waals surface area (Å²) in [5, 5.41) is 9.44. The molecular weight excluding hydrogens is 391 g/mol. The zero-order chi connectivity index (χ0) is 17.4. The first-order valence-electron chi connectivity index (χ1n) is 6.42. The van der Waals surface area contributed by atoms with Crippen LogP contribution in [0.15, 0.2) is 30.3 Å². The van der Waals surface area contributed by atoms with Crippen molar-refractivity contribution in [3.8, 4) is 17.1 Å². The zero-order valence-corrected chi connectivity index (χ0v) is 16.0. The van der Waals surface area contributed by atoms with Crippen LogP contribution in [0.4, 0.5) is 0 Å². The Bertz CT molecular complexity index is 740. The maximum Gasteiger partial charge on any atom is 0.413 e. The van der Waals surface area contributed by atoms with E-state index in [1.807, 2.05) is 36.4 Å². The van der Waals surface area contributed by atoms with Crippen molar-refractivity contribution in [2.45, 2.75) is 6.61 Å². The Morgan fingerprint density at radius 1 is 1.25 bits per heavy atom. The molecule has 0 aliphatic heterocycles. The fourth-order valence-corrected chi connectivity index (χ4v) is 6.13. The average molecular weight is 404 g/mol. The molecule has 0 amide bonds. The fourth-order valence-electron chi connectivity index (χ4n) is 1.53. The molecule has 0 unspecified atom stereocenters. The lowest BCUT2D eigenvalue weighted by Crippen LogP contribution is -1.95. The Hall–Kier alpha value is -1.21. The summed E-state index contributed by atoms with van der Waals surface area (Å²) in [5.74, 6) is -3.49. The normalized spacial score (nSPS) is 11.0. The molecule has 128 valence electrons. The predicted octanol–water partition coefficient (Wildman–Crippen LogP) is 4.67. The van der Waals surface area contributed by atoms with Crippen LogP contribution in [0.25, 0.3) is 0 Å². The minimum atomic E-state index is -3.42. The van der Waals surface area contributed by atoms with Gasteiger partial charge in [0, 0.05) is 0 Å². The van der Waals surface area contributed by atoms with Crippen molar-refractivity contribution in [3.63, 3.8) is 0 Å². The van der Waals surface area contributed by atoms with Crippen molar-refractivity contribution in [2.75, 3.05) is 14.2 Å². The Kier molecular flexibility index (Phi) is 7.42. The van der Waals surface area contributed by atoms with Crippen LogP contribution in [-0.2, 0) is 19.5 Å². The second-order valence-electron chi connectivity index (χ2n) is 4.02. The van der Waals surface area contributed by atoms with E-state index in [1.165, 1.54) is 14.2 Å². The van der Waals surface area contributed by atoms with Crippen molar-refractivity contribution in [1.82, 2.24) is 4.98 Å². The third-order valence-electron chi connectivity index (χ3n) is 2.41. The Balaban J connectivity index is 2.12. The molecule has 0 fully saturated rings. The summed E-state index contributed by atoms with van der Waals surface area (Å²) in [6.45, 7) is 0.302. The Morgan fingerprint density at radius 2 is 1.92 bits per heavy atom. The summed E-state index contributed by atoms with van der Waals surface area (Å²) in [5.41, 5.74) is 0.962. The van der Waals surface area contributed by atoms with Crippen LogP contribution in [-0.4, -0.2) is 19.2 Å². The van der Waals surface area contributed by atoms with Gasteiger partial charge in [-0.2, -0.15) is 10.2 Å². The van der Waals surface area contributed by atoms with Crippen molar-refractivity contribution in [3.05, 3.63) is 40.8 Å². The molecule has 1 aromatic heterocycles. The largest absolute Gasteiger partial charge is 0.465 e. The minimum absolute atomic E-state index is 0.0667. The first-order valence-corrected chi connectivity index (χ1v) is 11.6. The highest BCUT2D eigenvalue weighted by Gasteiger charge is 2.32. The summed E-state index contributed by atoms with van der Waals surface area (Å²) in [7, 11) is 2.72. The van der Waals surface area contributed by atoms with Crippen LogP contribution in [0.5, 0.6) is 11.1 Å². The van der Waals surface area contributed by atoms with Gasteiger partial charge in [0.15, 0.2) is 4.88 Å². The highest BCUT2D eigenvalue weighted by Crippen LogP contribution is 2.69. The summed E-state index contributed by atoms with van der Waals surface area (Å²) >= 11 is 2.26. The lowest BCUT2D eigenvalue weighted by atomic mass is 10.2. The number of benzene rings is 1. The van der Waals surface area contributed by atoms with Gasteiger partial charge in [0.25, 0.3) is 11.1 Å². The van der Waals surface area contributed by atoms with E-state index in [1.54, 1.807) is 0 Å². The van der Waals surface area contributed by atoms with Gasteiger partial charge >= 0.3 is 5.77 Å². The van der Waals surface area contributed by atoms with E-state index in [-0.39, 0.29) is 16.0 Å². The molecule has 0 bridgehead atoms. The molecule has 2 aromatic rings. The van der Waals surface area contributed by atoms with E-state index >= 15 is 0 Å². The van der Waals surface area contributed by atoms with E-state index in [9.17, 15) is 9.83 Å². The highest BCUT2D eigenvalue weighted by molar-refractivity contribution is 8.87. The molecule has 0 atom stereocenters. The molecule has 0 aliphatic carbocycles. The maximum absolute atomic E-state index is 12.5. The van der Waals surface area contributed by atoms with Gasteiger partial charge in [0.1, 0.15) is 36.0 Å². The molecule has 1 heterocycles. The van der Waals surface area contributed by atoms with Crippen LogP contribution in [0.3, 0.4) is 0 Å². The van der Waals surface area contributed by atoms with Gasteiger partial charge in [-0.25, -0.2) is 4.57 Å². The summed E-state index contributed by atoms with van der Waals surface area (Å²) in [6.07, 6.45) is 0. The molecule has 0 saturated heterocycles. The van der Waals surface area contributed by atoms with Gasteiger partial charge in [0.05, 0.1) is 14.2 Å². The Morgan fingerprint density at radius 3 is 2.50 bits per heavy atom. The quantitative estimate of drug-likeness (QED) is 0.437. The molecule has 0 radical (unpaired) electrons. The molecule has 0 aliphatic rings. The summed E-state index contributed by atoms with van der Waals surface area (Å²) < 4.78 is 33.0. The van der Waals surface area contributed by atoms with Crippen LogP contribution in [0, 0.1) is 11.3 Å². The molecule has 24 heavy (non-hydrogen) atoms. The van der Waals surface area contributed by atoms with Crippen LogP contribution in [0.1, 0.15) is 10.4 Å². The molecule has 1 aromatic carbocycles. The summed E-state index contributed by atoms with van der Waals surface area (Å²) in [4.78, 5) is 4.25. The van der Waals surface area contributed by atoms with Gasteiger partial charge in [-0.15, -0.1) is 0 Å². The molecule has 0 saturated carbocycles. The molecule has 2 rings (SSSR count). The van der Waals surface area contributed by atoms with Crippen molar-refractivity contribution in [2.24, 2.45) is 0 Å². The van der Waals surface area contributed by atoms with Crippen molar-refractivity contribution >= 4 is 40.4 Å². The topological polar surface area (TPSA) is 90.7 Å². The predicted molar refractivity (Wildman–Crippen MR) is 95.0 cm³/mol.